The summed E-state index contributed by atoms with van der Waals surface area (Å²) in [5.41, 5.74) is 2.25. The number of nitrogens with zero attached hydrogens (tertiary/aromatic N) is 2. The highest BCUT2D eigenvalue weighted by Gasteiger charge is 2.35. The first kappa shape index (κ1) is 18.5. The van der Waals surface area contributed by atoms with E-state index in [1.54, 1.807) is 30.9 Å². The lowest BCUT2D eigenvalue weighted by Crippen LogP contribution is -2.10. The summed E-state index contributed by atoms with van der Waals surface area (Å²) < 4.78 is 43.4. The lowest BCUT2D eigenvalue weighted by molar-refractivity contribution is 0.0551. The van der Waals surface area contributed by atoms with E-state index in [-0.39, 0.29) is 5.82 Å². The number of hydrogen-bond donors (Lipinski definition) is 1. The zero-order chi connectivity index (χ0) is 18.9. The molecule has 1 aromatic heterocycles. The Hall–Kier alpha value is -2.24. The van der Waals surface area contributed by atoms with Crippen molar-refractivity contribution in [3.05, 3.63) is 60.0 Å². The Labute approximate surface area is 153 Å². The predicted octanol–water partition coefficient (Wildman–Crippen LogP) is 4.98. The molecule has 26 heavy (non-hydrogen) atoms. The number of aromatic nitrogens is 2. The summed E-state index contributed by atoms with van der Waals surface area (Å²) in [5.74, 6) is -0.995. The van der Waals surface area contributed by atoms with Crippen LogP contribution >= 0.6 is 18.9 Å². The monoisotopic (exact) mass is 397 g/mol. The zero-order valence-electron chi connectivity index (χ0n) is 13.9. The van der Waals surface area contributed by atoms with Crippen molar-refractivity contribution in [3.8, 4) is 11.4 Å². The number of rotatable bonds is 5. The summed E-state index contributed by atoms with van der Waals surface area (Å²) in [5, 5.41) is 3.39. The topological polar surface area (TPSA) is 68.0 Å². The lowest BCUT2D eigenvalue weighted by atomic mass is 10.2. The number of alkyl halides is 3. The first-order chi connectivity index (χ1) is 12.1. The van der Waals surface area contributed by atoms with Gasteiger partial charge in [-0.25, -0.2) is 0 Å². The number of nitrogens with one attached hydrogen (secondary N) is 1. The number of benzene rings is 2. The fraction of sp³-hybridized carbons (Fsp3) is 0.176. The first-order valence-electron chi connectivity index (χ1n) is 7.59. The molecule has 1 unspecified atom stereocenters. The quantitative estimate of drug-likeness (QED) is 0.486. The predicted molar refractivity (Wildman–Crippen MR) is 97.4 cm³/mol. The minimum Gasteiger partial charge on any atom is -0.333 e. The van der Waals surface area contributed by atoms with Crippen LogP contribution in [0.1, 0.15) is 11.5 Å². The van der Waals surface area contributed by atoms with E-state index in [1.807, 2.05) is 31.2 Å². The molecular formula is C17H15ClF2N3O2P. The molecule has 0 fully saturated rings. The summed E-state index contributed by atoms with van der Waals surface area (Å²) in [7, 11) is -2.87. The van der Waals surface area contributed by atoms with Crippen molar-refractivity contribution in [3.63, 3.8) is 0 Å². The molecule has 0 bridgehead atoms. The molecule has 136 valence electrons. The zero-order valence-corrected chi connectivity index (χ0v) is 15.6. The normalized spacial score (nSPS) is 14.0. The molecule has 0 aliphatic rings. The van der Waals surface area contributed by atoms with E-state index in [0.717, 1.165) is 11.3 Å². The van der Waals surface area contributed by atoms with Crippen molar-refractivity contribution < 1.29 is 17.9 Å². The number of aryl methyl sites for hydroxylation is 1. The molecule has 0 saturated heterocycles. The highest BCUT2D eigenvalue weighted by atomic mass is 35.5. The first-order valence-corrected chi connectivity index (χ1v) is 10.1. The third kappa shape index (κ3) is 4.11. The minimum atomic E-state index is -3.72. The van der Waals surface area contributed by atoms with Crippen LogP contribution in [0, 0.1) is 6.92 Å². The van der Waals surface area contributed by atoms with E-state index in [2.05, 4.69) is 19.8 Å². The van der Waals surface area contributed by atoms with Crippen LogP contribution in [-0.2, 0) is 9.95 Å². The largest absolute Gasteiger partial charge is 0.400 e. The Morgan fingerprint density at radius 2 is 1.88 bits per heavy atom. The van der Waals surface area contributed by atoms with Gasteiger partial charge in [-0.3, -0.25) is 4.57 Å². The van der Waals surface area contributed by atoms with E-state index in [9.17, 15) is 13.3 Å². The summed E-state index contributed by atoms with van der Waals surface area (Å²) in [6.45, 7) is 3.56. The highest BCUT2D eigenvalue weighted by molar-refractivity contribution is 7.72. The van der Waals surface area contributed by atoms with Crippen LogP contribution in [-0.4, -0.2) is 16.8 Å². The third-order valence-corrected chi connectivity index (χ3v) is 5.78. The number of anilines is 1. The SMILES string of the molecule is Cc1cccc(NP(C)(=O)c2ccc(-c3noc(C(F)(F)Cl)n3)cc2)c1. The molecule has 2 aromatic carbocycles. The molecule has 9 heteroatoms. The van der Waals surface area contributed by atoms with E-state index in [0.29, 0.717) is 10.9 Å². The second-order valence-corrected chi connectivity index (χ2v) is 8.94. The molecule has 0 aliphatic heterocycles. The van der Waals surface area contributed by atoms with Gasteiger partial charge in [0.15, 0.2) is 7.29 Å². The molecule has 0 aliphatic carbocycles. The molecule has 1 heterocycles. The maximum absolute atomic E-state index is 13.0. The van der Waals surface area contributed by atoms with Crippen molar-refractivity contribution in [2.24, 2.45) is 0 Å². The fourth-order valence-corrected chi connectivity index (χ4v) is 3.93. The molecule has 1 N–H and O–H groups in total. The van der Waals surface area contributed by atoms with E-state index < -0.39 is 18.6 Å². The van der Waals surface area contributed by atoms with Gasteiger partial charge in [0, 0.05) is 23.2 Å². The van der Waals surface area contributed by atoms with Crippen molar-refractivity contribution >= 4 is 29.9 Å². The van der Waals surface area contributed by atoms with Gasteiger partial charge >= 0.3 is 11.3 Å². The Morgan fingerprint density at radius 3 is 2.46 bits per heavy atom. The molecule has 0 saturated carbocycles. The van der Waals surface area contributed by atoms with E-state index in [1.165, 1.54) is 0 Å². The highest BCUT2D eigenvalue weighted by Crippen LogP contribution is 2.40. The minimum absolute atomic E-state index is 0.0237. The van der Waals surface area contributed by atoms with Crippen LogP contribution in [0.4, 0.5) is 14.5 Å². The molecule has 3 rings (SSSR count). The summed E-state index contributed by atoms with van der Waals surface area (Å²) in [6, 6.07) is 14.0. The van der Waals surface area contributed by atoms with Gasteiger partial charge in [0.25, 0.3) is 0 Å². The van der Waals surface area contributed by atoms with Gasteiger partial charge in [0.2, 0.25) is 5.82 Å². The van der Waals surface area contributed by atoms with Crippen molar-refractivity contribution in [2.45, 2.75) is 12.3 Å². The average Bonchev–Trinajstić information content (AvgIpc) is 3.05. The molecule has 5 nitrogen and oxygen atoms in total. The molecule has 0 radical (unpaired) electrons. The van der Waals surface area contributed by atoms with Gasteiger partial charge in [-0.2, -0.15) is 13.8 Å². The van der Waals surface area contributed by atoms with Crippen LogP contribution in [0.3, 0.4) is 0 Å². The maximum Gasteiger partial charge on any atom is 0.400 e. The average molecular weight is 398 g/mol. The Balaban J connectivity index is 1.82. The Morgan fingerprint density at radius 1 is 1.19 bits per heavy atom. The number of hydrogen-bond acceptors (Lipinski definition) is 4. The van der Waals surface area contributed by atoms with Crippen molar-refractivity contribution in [2.75, 3.05) is 11.8 Å². The maximum atomic E-state index is 13.0. The summed E-state index contributed by atoms with van der Waals surface area (Å²) in [4.78, 5) is 3.58. The smallest absolute Gasteiger partial charge is 0.333 e. The summed E-state index contributed by atoms with van der Waals surface area (Å²) in [6.07, 6.45) is 0. The Kier molecular flexibility index (Phi) is 4.86. The molecule has 3 aromatic rings. The molecule has 0 amide bonds. The van der Waals surface area contributed by atoms with Crippen LogP contribution in [0.2, 0.25) is 0 Å². The molecule has 1 atom stereocenters. The molecule has 0 spiro atoms. The second-order valence-electron chi connectivity index (χ2n) is 5.87. The van der Waals surface area contributed by atoms with Gasteiger partial charge in [0.05, 0.1) is 0 Å². The van der Waals surface area contributed by atoms with Crippen LogP contribution in [0.15, 0.2) is 53.1 Å². The second kappa shape index (κ2) is 6.82. The van der Waals surface area contributed by atoms with Gasteiger partial charge in [-0.15, -0.1) is 0 Å². The van der Waals surface area contributed by atoms with Gasteiger partial charge in [0.1, 0.15) is 0 Å². The summed E-state index contributed by atoms with van der Waals surface area (Å²) >= 11 is 4.86. The van der Waals surface area contributed by atoms with Crippen molar-refractivity contribution in [1.29, 1.82) is 0 Å². The third-order valence-electron chi connectivity index (χ3n) is 3.65. The molecular weight excluding hydrogens is 383 g/mol. The van der Waals surface area contributed by atoms with Gasteiger partial charge < -0.3 is 9.61 Å². The lowest BCUT2D eigenvalue weighted by Gasteiger charge is -2.17. The standard InChI is InChI=1S/C17H15ClF2N3O2P/c1-11-4-3-5-13(10-11)23-26(2,24)14-8-6-12(7-9-14)15-21-16(25-22-15)17(18,19)20/h3-10H,1-2H3,(H,23,24). The van der Waals surface area contributed by atoms with E-state index in [4.69, 9.17) is 11.6 Å². The fourth-order valence-electron chi connectivity index (χ4n) is 2.38. The van der Waals surface area contributed by atoms with Crippen LogP contribution in [0.25, 0.3) is 11.4 Å². The van der Waals surface area contributed by atoms with Gasteiger partial charge in [-0.1, -0.05) is 29.4 Å². The van der Waals surface area contributed by atoms with Crippen LogP contribution in [0.5, 0.6) is 0 Å². The number of halogens is 3. The van der Waals surface area contributed by atoms with Crippen molar-refractivity contribution in [1.82, 2.24) is 10.1 Å². The Bertz CT molecular complexity index is 971. The van der Waals surface area contributed by atoms with Crippen LogP contribution < -0.4 is 10.4 Å². The van der Waals surface area contributed by atoms with E-state index >= 15 is 0 Å². The van der Waals surface area contributed by atoms with Gasteiger partial charge in [-0.05, 0) is 48.4 Å².